The van der Waals surface area contributed by atoms with E-state index >= 15 is 0 Å². The van der Waals surface area contributed by atoms with Gasteiger partial charge in [-0.15, -0.1) is 0 Å². The normalized spacial score (nSPS) is 19.3. The lowest BCUT2D eigenvalue weighted by Crippen LogP contribution is -2.32. The Labute approximate surface area is 110 Å². The molecule has 1 atom stereocenters. The molecule has 17 heavy (non-hydrogen) atoms. The summed E-state index contributed by atoms with van der Waals surface area (Å²) in [4.78, 5) is 14.0. The van der Waals surface area contributed by atoms with Gasteiger partial charge in [-0.1, -0.05) is 15.9 Å². The Morgan fingerprint density at radius 2 is 2.18 bits per heavy atom. The van der Waals surface area contributed by atoms with Crippen molar-refractivity contribution in [1.82, 2.24) is 10.2 Å². The first-order valence-electron chi connectivity index (χ1n) is 5.88. The topological polar surface area (TPSA) is 32.3 Å². The van der Waals surface area contributed by atoms with E-state index in [1.165, 1.54) is 0 Å². The predicted octanol–water partition coefficient (Wildman–Crippen LogP) is 2.13. The van der Waals surface area contributed by atoms with Gasteiger partial charge in [0.2, 0.25) is 0 Å². The Balaban J connectivity index is 1.96. The molecule has 1 aliphatic rings. The molecular weight excluding hydrogens is 280 g/mol. The van der Waals surface area contributed by atoms with E-state index in [1.54, 1.807) is 0 Å². The minimum Gasteiger partial charge on any atom is -0.341 e. The minimum absolute atomic E-state index is 0.101. The van der Waals surface area contributed by atoms with Crippen molar-refractivity contribution in [2.45, 2.75) is 6.42 Å². The maximum Gasteiger partial charge on any atom is 0.253 e. The molecule has 0 saturated carbocycles. The first kappa shape index (κ1) is 12.6. The lowest BCUT2D eigenvalue weighted by molar-refractivity contribution is 0.0776. The van der Waals surface area contributed by atoms with E-state index in [9.17, 15) is 4.79 Å². The summed E-state index contributed by atoms with van der Waals surface area (Å²) in [5.74, 6) is 0.698. The molecule has 2 rings (SSSR count). The van der Waals surface area contributed by atoms with Crippen LogP contribution in [0.3, 0.4) is 0 Å². The maximum atomic E-state index is 12.1. The highest BCUT2D eigenvalue weighted by atomic mass is 79.9. The van der Waals surface area contributed by atoms with Gasteiger partial charge in [-0.2, -0.15) is 0 Å². The number of nitrogens with one attached hydrogen (secondary N) is 1. The number of hydrogen-bond donors (Lipinski definition) is 1. The fraction of sp³-hybridized carbons (Fsp3) is 0.462. The fourth-order valence-electron chi connectivity index (χ4n) is 2.15. The number of hydrogen-bond acceptors (Lipinski definition) is 2. The Bertz CT molecular complexity index is 385. The zero-order valence-corrected chi connectivity index (χ0v) is 11.5. The molecular formula is C13H17BrN2O. The summed E-state index contributed by atoms with van der Waals surface area (Å²) in [5.41, 5.74) is 0.752. The molecule has 1 amide bonds. The van der Waals surface area contributed by atoms with Crippen LogP contribution in [-0.4, -0.2) is 37.5 Å². The molecule has 0 spiro atoms. The molecule has 0 radical (unpaired) electrons. The summed E-state index contributed by atoms with van der Waals surface area (Å²) in [5, 5.41) is 3.32. The smallest absolute Gasteiger partial charge is 0.253 e. The van der Waals surface area contributed by atoms with Crippen LogP contribution in [0.15, 0.2) is 28.7 Å². The number of carbonyl (C=O) groups excluding carboxylic acids is 1. The summed E-state index contributed by atoms with van der Waals surface area (Å²) >= 11 is 3.37. The van der Waals surface area contributed by atoms with Crippen molar-refractivity contribution in [2.75, 3.05) is 26.7 Å². The van der Waals surface area contributed by atoms with E-state index in [1.807, 2.05) is 36.2 Å². The van der Waals surface area contributed by atoms with E-state index < -0.39 is 0 Å². The lowest BCUT2D eigenvalue weighted by Gasteiger charge is -2.20. The van der Waals surface area contributed by atoms with Crippen LogP contribution >= 0.6 is 15.9 Å². The summed E-state index contributed by atoms with van der Waals surface area (Å²) < 4.78 is 0.997. The van der Waals surface area contributed by atoms with Gasteiger partial charge in [-0.3, -0.25) is 4.79 Å². The third kappa shape index (κ3) is 3.30. The molecule has 1 fully saturated rings. The Morgan fingerprint density at radius 3 is 2.76 bits per heavy atom. The molecule has 1 aromatic rings. The molecule has 3 nitrogen and oxygen atoms in total. The van der Waals surface area contributed by atoms with E-state index in [4.69, 9.17) is 0 Å². The highest BCUT2D eigenvalue weighted by Gasteiger charge is 2.19. The Hall–Kier alpha value is -0.870. The number of amides is 1. The van der Waals surface area contributed by atoms with Crippen LogP contribution in [0.1, 0.15) is 16.8 Å². The van der Waals surface area contributed by atoms with Crippen molar-refractivity contribution >= 4 is 21.8 Å². The van der Waals surface area contributed by atoms with Crippen molar-refractivity contribution in [1.29, 1.82) is 0 Å². The van der Waals surface area contributed by atoms with Crippen molar-refractivity contribution in [3.8, 4) is 0 Å². The quantitative estimate of drug-likeness (QED) is 0.927. The second kappa shape index (κ2) is 5.65. The largest absolute Gasteiger partial charge is 0.341 e. The Morgan fingerprint density at radius 1 is 1.47 bits per heavy atom. The van der Waals surface area contributed by atoms with Gasteiger partial charge in [0.15, 0.2) is 0 Å². The predicted molar refractivity (Wildman–Crippen MR) is 72.1 cm³/mol. The van der Waals surface area contributed by atoms with Gasteiger partial charge in [0, 0.05) is 23.6 Å². The zero-order valence-electron chi connectivity index (χ0n) is 9.95. The van der Waals surface area contributed by atoms with Gasteiger partial charge in [0.25, 0.3) is 5.91 Å². The number of halogens is 1. The molecule has 0 bridgehead atoms. The highest BCUT2D eigenvalue weighted by molar-refractivity contribution is 9.10. The number of nitrogens with zero attached hydrogens (tertiary/aromatic N) is 1. The second-order valence-electron chi connectivity index (χ2n) is 4.55. The summed E-state index contributed by atoms with van der Waals surface area (Å²) in [7, 11) is 1.88. The second-order valence-corrected chi connectivity index (χ2v) is 5.47. The molecule has 1 saturated heterocycles. The summed E-state index contributed by atoms with van der Waals surface area (Å²) in [6.45, 7) is 2.94. The molecule has 92 valence electrons. The zero-order chi connectivity index (χ0) is 12.3. The highest BCUT2D eigenvalue weighted by Crippen LogP contribution is 2.14. The third-order valence-corrected chi connectivity index (χ3v) is 3.66. The van der Waals surface area contributed by atoms with Gasteiger partial charge >= 0.3 is 0 Å². The minimum atomic E-state index is 0.101. The SMILES string of the molecule is CN(CC1CCNC1)C(=O)c1ccc(Br)cc1. The van der Waals surface area contributed by atoms with Gasteiger partial charge in [0.05, 0.1) is 0 Å². The molecule has 1 unspecified atom stereocenters. The molecule has 1 aromatic carbocycles. The van der Waals surface area contributed by atoms with Crippen LogP contribution in [0.5, 0.6) is 0 Å². The van der Waals surface area contributed by atoms with Gasteiger partial charge in [0.1, 0.15) is 0 Å². The number of rotatable bonds is 3. The number of carbonyl (C=O) groups is 1. The average molecular weight is 297 g/mol. The van der Waals surface area contributed by atoms with Crippen LogP contribution in [0, 0.1) is 5.92 Å². The first-order chi connectivity index (χ1) is 8.16. The van der Waals surface area contributed by atoms with Crippen LogP contribution < -0.4 is 5.32 Å². The van der Waals surface area contributed by atoms with E-state index in [-0.39, 0.29) is 5.91 Å². The first-order valence-corrected chi connectivity index (χ1v) is 6.68. The molecule has 1 N–H and O–H groups in total. The van der Waals surface area contributed by atoms with Gasteiger partial charge < -0.3 is 10.2 Å². The molecule has 1 heterocycles. The molecule has 0 aromatic heterocycles. The molecule has 1 aliphatic heterocycles. The Kier molecular flexibility index (Phi) is 4.18. The monoisotopic (exact) mass is 296 g/mol. The molecule has 4 heteroatoms. The lowest BCUT2D eigenvalue weighted by atomic mass is 10.1. The third-order valence-electron chi connectivity index (χ3n) is 3.13. The van der Waals surface area contributed by atoms with Crippen molar-refractivity contribution < 1.29 is 4.79 Å². The van der Waals surface area contributed by atoms with E-state index in [0.717, 1.165) is 36.1 Å². The summed E-state index contributed by atoms with van der Waals surface area (Å²) in [6, 6.07) is 7.52. The van der Waals surface area contributed by atoms with Crippen molar-refractivity contribution in [3.05, 3.63) is 34.3 Å². The average Bonchev–Trinajstić information content (AvgIpc) is 2.82. The van der Waals surface area contributed by atoms with Crippen LogP contribution in [0.2, 0.25) is 0 Å². The van der Waals surface area contributed by atoms with Crippen LogP contribution in [0.25, 0.3) is 0 Å². The van der Waals surface area contributed by atoms with Crippen molar-refractivity contribution in [3.63, 3.8) is 0 Å². The standard InChI is InChI=1S/C13H17BrN2O/c1-16(9-10-6-7-15-8-10)13(17)11-2-4-12(14)5-3-11/h2-5,10,15H,6-9H2,1H3. The summed E-state index contributed by atoms with van der Waals surface area (Å²) in [6.07, 6.45) is 1.16. The number of benzene rings is 1. The van der Waals surface area contributed by atoms with Gasteiger partial charge in [-0.25, -0.2) is 0 Å². The van der Waals surface area contributed by atoms with Crippen LogP contribution in [0.4, 0.5) is 0 Å². The fourth-order valence-corrected chi connectivity index (χ4v) is 2.42. The van der Waals surface area contributed by atoms with E-state index in [0.29, 0.717) is 5.92 Å². The molecule has 0 aliphatic carbocycles. The van der Waals surface area contributed by atoms with Gasteiger partial charge in [-0.05, 0) is 49.7 Å². The van der Waals surface area contributed by atoms with Crippen molar-refractivity contribution in [2.24, 2.45) is 5.92 Å². The van der Waals surface area contributed by atoms with Crippen LogP contribution in [-0.2, 0) is 0 Å². The maximum absolute atomic E-state index is 12.1. The van der Waals surface area contributed by atoms with E-state index in [2.05, 4.69) is 21.2 Å².